The largest absolute Gasteiger partial charge is 0.493 e. The van der Waals surface area contributed by atoms with Crippen molar-refractivity contribution in [2.45, 2.75) is 39.0 Å². The summed E-state index contributed by atoms with van der Waals surface area (Å²) in [6, 6.07) is 11.1. The maximum Gasteiger partial charge on any atom is 0.161 e. The highest BCUT2D eigenvalue weighted by Crippen LogP contribution is 2.29. The molecule has 1 aliphatic rings. The van der Waals surface area contributed by atoms with Gasteiger partial charge in [0, 0.05) is 22.3 Å². The average molecular weight is 303 g/mol. The van der Waals surface area contributed by atoms with Gasteiger partial charge < -0.3 is 14.8 Å². The molecule has 0 aliphatic heterocycles. The molecule has 1 fully saturated rings. The molecule has 1 saturated carbocycles. The van der Waals surface area contributed by atoms with Crippen LogP contribution in [0.5, 0.6) is 11.5 Å². The van der Waals surface area contributed by atoms with Crippen LogP contribution >= 0.6 is 11.3 Å². The van der Waals surface area contributed by atoms with Gasteiger partial charge in [-0.15, -0.1) is 11.3 Å². The SMILES string of the molecule is COc1cc(C)ccc1OCc1ccc(CNC2CC2)s1. The minimum absolute atomic E-state index is 0.591. The second-order valence-electron chi connectivity index (χ2n) is 5.47. The molecule has 1 N–H and O–H groups in total. The van der Waals surface area contributed by atoms with Gasteiger partial charge in [0.1, 0.15) is 6.61 Å². The van der Waals surface area contributed by atoms with Crippen molar-refractivity contribution >= 4 is 11.3 Å². The molecule has 3 nitrogen and oxygen atoms in total. The van der Waals surface area contributed by atoms with Crippen molar-refractivity contribution in [2.24, 2.45) is 0 Å². The molecule has 1 aromatic heterocycles. The number of methoxy groups -OCH3 is 1. The van der Waals surface area contributed by atoms with E-state index in [2.05, 4.69) is 17.4 Å². The summed E-state index contributed by atoms with van der Waals surface area (Å²) in [5.74, 6) is 1.59. The zero-order valence-electron chi connectivity index (χ0n) is 12.5. The van der Waals surface area contributed by atoms with E-state index in [0.29, 0.717) is 6.61 Å². The molecule has 0 amide bonds. The molecule has 0 atom stereocenters. The van der Waals surface area contributed by atoms with Crippen molar-refractivity contribution in [3.63, 3.8) is 0 Å². The zero-order valence-corrected chi connectivity index (χ0v) is 13.3. The number of rotatable bonds is 7. The summed E-state index contributed by atoms with van der Waals surface area (Å²) in [7, 11) is 1.68. The first-order valence-corrected chi connectivity index (χ1v) is 8.14. The lowest BCUT2D eigenvalue weighted by Gasteiger charge is -2.10. The Morgan fingerprint density at radius 2 is 1.95 bits per heavy atom. The lowest BCUT2D eigenvalue weighted by molar-refractivity contribution is 0.287. The van der Waals surface area contributed by atoms with Gasteiger partial charge in [0.2, 0.25) is 0 Å². The van der Waals surface area contributed by atoms with E-state index in [9.17, 15) is 0 Å². The zero-order chi connectivity index (χ0) is 14.7. The van der Waals surface area contributed by atoms with Gasteiger partial charge in [0.25, 0.3) is 0 Å². The molecule has 0 spiro atoms. The molecule has 21 heavy (non-hydrogen) atoms. The summed E-state index contributed by atoms with van der Waals surface area (Å²) in [5, 5.41) is 3.53. The fourth-order valence-electron chi connectivity index (χ4n) is 2.17. The van der Waals surface area contributed by atoms with Gasteiger partial charge in [-0.3, -0.25) is 0 Å². The average Bonchev–Trinajstić information content (AvgIpc) is 3.22. The smallest absolute Gasteiger partial charge is 0.161 e. The summed E-state index contributed by atoms with van der Waals surface area (Å²) in [6.45, 7) is 3.61. The molecule has 0 unspecified atom stereocenters. The molecule has 0 saturated heterocycles. The van der Waals surface area contributed by atoms with E-state index in [0.717, 1.165) is 24.1 Å². The van der Waals surface area contributed by atoms with Crippen LogP contribution in [0.4, 0.5) is 0 Å². The first-order valence-electron chi connectivity index (χ1n) is 7.33. The predicted molar refractivity (Wildman–Crippen MR) is 86.2 cm³/mol. The first kappa shape index (κ1) is 14.4. The molecular formula is C17H21NO2S. The highest BCUT2D eigenvalue weighted by atomic mass is 32.1. The van der Waals surface area contributed by atoms with E-state index in [-0.39, 0.29) is 0 Å². The third-order valence-electron chi connectivity index (χ3n) is 3.55. The molecule has 1 heterocycles. The van der Waals surface area contributed by atoms with E-state index in [1.807, 2.05) is 36.5 Å². The summed E-state index contributed by atoms with van der Waals surface area (Å²) in [6.07, 6.45) is 2.66. The van der Waals surface area contributed by atoms with Crippen LogP contribution in [0.1, 0.15) is 28.2 Å². The lowest BCUT2D eigenvalue weighted by atomic mass is 10.2. The van der Waals surface area contributed by atoms with Gasteiger partial charge >= 0.3 is 0 Å². The lowest BCUT2D eigenvalue weighted by Crippen LogP contribution is -2.14. The molecule has 1 aromatic carbocycles. The highest BCUT2D eigenvalue weighted by molar-refractivity contribution is 7.11. The summed E-state index contributed by atoms with van der Waals surface area (Å²) in [5.41, 5.74) is 1.17. The molecule has 4 heteroatoms. The topological polar surface area (TPSA) is 30.5 Å². The Kier molecular flexibility index (Phi) is 4.46. The molecular weight excluding hydrogens is 282 g/mol. The van der Waals surface area contributed by atoms with Crippen LogP contribution in [0.25, 0.3) is 0 Å². The van der Waals surface area contributed by atoms with Gasteiger partial charge in [-0.2, -0.15) is 0 Å². The maximum absolute atomic E-state index is 5.89. The Balaban J connectivity index is 1.56. The monoisotopic (exact) mass is 303 g/mol. The minimum Gasteiger partial charge on any atom is -0.493 e. The van der Waals surface area contributed by atoms with Crippen molar-refractivity contribution in [3.8, 4) is 11.5 Å². The van der Waals surface area contributed by atoms with Gasteiger partial charge in [-0.1, -0.05) is 6.07 Å². The van der Waals surface area contributed by atoms with Gasteiger partial charge in [-0.25, -0.2) is 0 Å². The Morgan fingerprint density at radius 3 is 2.71 bits per heavy atom. The normalized spacial score (nSPS) is 14.2. The fourth-order valence-corrected chi connectivity index (χ4v) is 3.05. The van der Waals surface area contributed by atoms with Crippen LogP contribution in [0.15, 0.2) is 30.3 Å². The first-order chi connectivity index (χ1) is 10.2. The van der Waals surface area contributed by atoms with E-state index >= 15 is 0 Å². The quantitative estimate of drug-likeness (QED) is 0.841. The maximum atomic E-state index is 5.89. The molecule has 1 aliphatic carbocycles. The van der Waals surface area contributed by atoms with E-state index in [1.165, 1.54) is 28.2 Å². The number of thiophene rings is 1. The Bertz CT molecular complexity index is 605. The van der Waals surface area contributed by atoms with Crippen molar-refractivity contribution < 1.29 is 9.47 Å². The number of benzene rings is 1. The Morgan fingerprint density at radius 1 is 1.14 bits per heavy atom. The molecule has 0 bridgehead atoms. The second kappa shape index (κ2) is 6.50. The van der Waals surface area contributed by atoms with Crippen LogP contribution < -0.4 is 14.8 Å². The minimum atomic E-state index is 0.591. The second-order valence-corrected chi connectivity index (χ2v) is 6.72. The van der Waals surface area contributed by atoms with Crippen LogP contribution in [-0.2, 0) is 13.2 Å². The standard InChI is InChI=1S/C17H21NO2S/c1-12-3-8-16(17(9-12)19-2)20-11-15-7-6-14(21-15)10-18-13-4-5-13/h3,6-9,13,18H,4-5,10-11H2,1-2H3. The van der Waals surface area contributed by atoms with Crippen molar-refractivity contribution in [3.05, 3.63) is 45.6 Å². The Hall–Kier alpha value is -1.52. The van der Waals surface area contributed by atoms with Crippen LogP contribution in [0.3, 0.4) is 0 Å². The van der Waals surface area contributed by atoms with E-state index in [4.69, 9.17) is 9.47 Å². The highest BCUT2D eigenvalue weighted by Gasteiger charge is 2.20. The summed E-state index contributed by atoms with van der Waals surface area (Å²) < 4.78 is 11.2. The molecule has 112 valence electrons. The van der Waals surface area contributed by atoms with Crippen molar-refractivity contribution in [2.75, 3.05) is 7.11 Å². The third kappa shape index (κ3) is 3.99. The molecule has 2 aromatic rings. The summed E-state index contributed by atoms with van der Waals surface area (Å²) >= 11 is 1.81. The van der Waals surface area contributed by atoms with Crippen molar-refractivity contribution in [1.82, 2.24) is 5.32 Å². The molecule has 0 radical (unpaired) electrons. The van der Waals surface area contributed by atoms with Gasteiger partial charge in [-0.05, 0) is 49.6 Å². The predicted octanol–water partition coefficient (Wildman–Crippen LogP) is 3.90. The van der Waals surface area contributed by atoms with Crippen LogP contribution in [0, 0.1) is 6.92 Å². The number of aryl methyl sites for hydroxylation is 1. The van der Waals surface area contributed by atoms with Gasteiger partial charge in [0.05, 0.1) is 7.11 Å². The van der Waals surface area contributed by atoms with Crippen LogP contribution in [0.2, 0.25) is 0 Å². The van der Waals surface area contributed by atoms with E-state index < -0.39 is 0 Å². The van der Waals surface area contributed by atoms with Gasteiger partial charge in [0.15, 0.2) is 11.5 Å². The fraction of sp³-hybridized carbons (Fsp3) is 0.412. The number of hydrogen-bond donors (Lipinski definition) is 1. The molecule has 3 rings (SSSR count). The summed E-state index contributed by atoms with van der Waals surface area (Å²) in [4.78, 5) is 2.61. The number of ether oxygens (including phenoxy) is 2. The number of nitrogens with one attached hydrogen (secondary N) is 1. The third-order valence-corrected chi connectivity index (χ3v) is 4.61. The van der Waals surface area contributed by atoms with Crippen LogP contribution in [-0.4, -0.2) is 13.2 Å². The van der Waals surface area contributed by atoms with Crippen molar-refractivity contribution in [1.29, 1.82) is 0 Å². The number of hydrogen-bond acceptors (Lipinski definition) is 4. The Labute approximate surface area is 129 Å². The van der Waals surface area contributed by atoms with E-state index in [1.54, 1.807) is 7.11 Å².